The molecule has 24 heavy (non-hydrogen) atoms. The number of aliphatic hydroxyl groups is 1. The number of benzene rings is 2. The molecule has 0 aliphatic carbocycles. The Morgan fingerprint density at radius 1 is 1.04 bits per heavy atom. The van der Waals surface area contributed by atoms with Crippen LogP contribution in [0.25, 0.3) is 10.8 Å². The lowest BCUT2D eigenvalue weighted by Crippen LogP contribution is -2.61. The molecule has 3 aromatic rings. The molecule has 7 heteroatoms. The fraction of sp³-hybridized carbons (Fsp3) is 0.176. The third-order valence-corrected chi connectivity index (χ3v) is 5.99. The lowest BCUT2D eigenvalue weighted by Gasteiger charge is -2.45. The van der Waals surface area contributed by atoms with E-state index in [-0.39, 0.29) is 18.1 Å². The van der Waals surface area contributed by atoms with Crippen molar-refractivity contribution in [2.45, 2.75) is 10.6 Å². The highest BCUT2D eigenvalue weighted by Crippen LogP contribution is 2.38. The first-order valence-corrected chi connectivity index (χ1v) is 8.91. The Hall–Kier alpha value is -2.35. The lowest BCUT2D eigenvalue weighted by molar-refractivity contribution is -0.0637. The molecule has 0 saturated carbocycles. The highest BCUT2D eigenvalue weighted by molar-refractivity contribution is 7.89. The Morgan fingerprint density at radius 3 is 2.54 bits per heavy atom. The fourth-order valence-corrected chi connectivity index (χ4v) is 4.48. The van der Waals surface area contributed by atoms with E-state index in [1.807, 2.05) is 42.5 Å². The van der Waals surface area contributed by atoms with Crippen LogP contribution >= 0.6 is 0 Å². The number of nitrogens with zero attached hydrogens (tertiary/aromatic N) is 3. The minimum atomic E-state index is -3.73. The Balaban J connectivity index is 1.66. The number of fused-ring (bicyclic) bond motifs is 1. The molecule has 4 rings (SSSR count). The molecule has 1 aliphatic rings. The van der Waals surface area contributed by atoms with Crippen LogP contribution in [0.15, 0.2) is 66.1 Å². The van der Waals surface area contributed by atoms with E-state index < -0.39 is 15.6 Å². The molecule has 0 spiro atoms. The fourth-order valence-electron chi connectivity index (χ4n) is 3.06. The van der Waals surface area contributed by atoms with E-state index in [9.17, 15) is 13.5 Å². The molecular formula is C17H15N3O3S. The van der Waals surface area contributed by atoms with Gasteiger partial charge in [-0.3, -0.25) is 4.98 Å². The number of β-amino-alcohol motifs (C(OH)–C–C–N with tert-alkyl or cyclic N) is 1. The highest BCUT2D eigenvalue weighted by atomic mass is 32.2. The van der Waals surface area contributed by atoms with E-state index in [0.717, 1.165) is 16.3 Å². The zero-order chi connectivity index (χ0) is 16.8. The maximum Gasteiger partial charge on any atom is 0.262 e. The standard InChI is InChI=1S/C17H15N3O3S/c21-17(15-7-3-5-13-4-1-2-6-14(13)15)11-20(12-17)24(22,23)16-10-18-8-9-19-16/h1-10,21H,11-12H2. The third-order valence-electron chi connectivity index (χ3n) is 4.31. The summed E-state index contributed by atoms with van der Waals surface area (Å²) in [4.78, 5) is 7.65. The van der Waals surface area contributed by atoms with Gasteiger partial charge in [0.1, 0.15) is 5.60 Å². The van der Waals surface area contributed by atoms with Crippen LogP contribution in [-0.2, 0) is 15.6 Å². The summed E-state index contributed by atoms with van der Waals surface area (Å²) in [7, 11) is -3.73. The number of rotatable bonds is 3. The molecule has 1 N–H and O–H groups in total. The second-order valence-corrected chi connectivity index (χ2v) is 7.76. The van der Waals surface area contributed by atoms with Crippen LogP contribution in [0.5, 0.6) is 0 Å². The third kappa shape index (κ3) is 2.29. The molecule has 0 unspecified atom stereocenters. The second-order valence-electron chi connectivity index (χ2n) is 5.88. The summed E-state index contributed by atoms with van der Waals surface area (Å²) in [6.45, 7) is -0.000168. The van der Waals surface area contributed by atoms with Gasteiger partial charge in [-0.25, -0.2) is 13.4 Å². The van der Waals surface area contributed by atoms with Crippen LogP contribution in [0, 0.1) is 0 Å². The van der Waals surface area contributed by atoms with Gasteiger partial charge in [0.2, 0.25) is 0 Å². The molecule has 6 nitrogen and oxygen atoms in total. The van der Waals surface area contributed by atoms with Crippen molar-refractivity contribution in [2.75, 3.05) is 13.1 Å². The number of sulfonamides is 1. The summed E-state index contributed by atoms with van der Waals surface area (Å²) in [5.41, 5.74) is -0.456. The zero-order valence-corrected chi connectivity index (χ0v) is 13.5. The van der Waals surface area contributed by atoms with Crippen LogP contribution < -0.4 is 0 Å². The highest BCUT2D eigenvalue weighted by Gasteiger charge is 2.49. The van der Waals surface area contributed by atoms with Gasteiger partial charge in [0.05, 0.1) is 6.20 Å². The van der Waals surface area contributed by atoms with E-state index in [1.54, 1.807) is 0 Å². The Kier molecular flexibility index (Phi) is 3.38. The van der Waals surface area contributed by atoms with Crippen molar-refractivity contribution in [3.05, 3.63) is 66.6 Å². The maximum atomic E-state index is 12.5. The van der Waals surface area contributed by atoms with E-state index in [2.05, 4.69) is 9.97 Å². The second kappa shape index (κ2) is 5.34. The smallest absolute Gasteiger partial charge is 0.262 e. The predicted molar refractivity (Wildman–Crippen MR) is 88.6 cm³/mol. The van der Waals surface area contributed by atoms with Gasteiger partial charge >= 0.3 is 0 Å². The van der Waals surface area contributed by atoms with Gasteiger partial charge in [-0.1, -0.05) is 42.5 Å². The summed E-state index contributed by atoms with van der Waals surface area (Å²) >= 11 is 0. The number of aromatic nitrogens is 2. The average Bonchev–Trinajstić information content (AvgIpc) is 2.59. The largest absolute Gasteiger partial charge is 0.382 e. The van der Waals surface area contributed by atoms with Gasteiger partial charge in [-0.15, -0.1) is 0 Å². The zero-order valence-electron chi connectivity index (χ0n) is 12.7. The minimum absolute atomic E-state index is 0.0000841. The van der Waals surface area contributed by atoms with Crippen molar-refractivity contribution in [1.82, 2.24) is 14.3 Å². The van der Waals surface area contributed by atoms with E-state index >= 15 is 0 Å². The molecule has 0 atom stereocenters. The molecule has 122 valence electrons. The van der Waals surface area contributed by atoms with Gasteiger partial charge < -0.3 is 5.11 Å². The normalized spacial score (nSPS) is 17.5. The quantitative estimate of drug-likeness (QED) is 0.781. The van der Waals surface area contributed by atoms with E-state index in [1.165, 1.54) is 22.9 Å². The maximum absolute atomic E-state index is 12.5. The molecule has 1 aliphatic heterocycles. The molecule has 2 aromatic carbocycles. The van der Waals surface area contributed by atoms with Gasteiger partial charge in [-0.05, 0) is 16.3 Å². The van der Waals surface area contributed by atoms with Gasteiger partial charge in [0.25, 0.3) is 10.0 Å². The Bertz CT molecular complexity index is 995. The van der Waals surface area contributed by atoms with Gasteiger partial charge in [0, 0.05) is 25.5 Å². The minimum Gasteiger partial charge on any atom is -0.382 e. The van der Waals surface area contributed by atoms with Crippen LogP contribution in [0.4, 0.5) is 0 Å². The number of hydrogen-bond acceptors (Lipinski definition) is 5. The number of hydrogen-bond donors (Lipinski definition) is 1. The first kappa shape index (κ1) is 15.2. The molecular weight excluding hydrogens is 326 g/mol. The van der Waals surface area contributed by atoms with Crippen molar-refractivity contribution in [1.29, 1.82) is 0 Å². The summed E-state index contributed by atoms with van der Waals surface area (Å²) < 4.78 is 26.2. The molecule has 0 amide bonds. The predicted octanol–water partition coefficient (Wildman–Crippen LogP) is 1.52. The average molecular weight is 341 g/mol. The van der Waals surface area contributed by atoms with Crippen molar-refractivity contribution in [2.24, 2.45) is 0 Å². The van der Waals surface area contributed by atoms with Crippen LogP contribution in [0.2, 0.25) is 0 Å². The topological polar surface area (TPSA) is 83.4 Å². The van der Waals surface area contributed by atoms with Crippen molar-refractivity contribution < 1.29 is 13.5 Å². The monoisotopic (exact) mass is 341 g/mol. The van der Waals surface area contributed by atoms with Crippen LogP contribution in [-0.4, -0.2) is 40.9 Å². The van der Waals surface area contributed by atoms with Crippen molar-refractivity contribution in [3.8, 4) is 0 Å². The SMILES string of the molecule is O=S(=O)(c1cnccn1)N1CC(O)(c2cccc3ccccc23)C1. The molecule has 0 radical (unpaired) electrons. The van der Waals surface area contributed by atoms with Crippen LogP contribution in [0.3, 0.4) is 0 Å². The van der Waals surface area contributed by atoms with E-state index in [0.29, 0.717) is 0 Å². The summed E-state index contributed by atoms with van der Waals surface area (Å²) in [5.74, 6) is 0. The Labute approximate surface area is 139 Å². The summed E-state index contributed by atoms with van der Waals surface area (Å²) in [6.07, 6.45) is 3.97. The molecule has 1 aromatic heterocycles. The molecule has 0 bridgehead atoms. The van der Waals surface area contributed by atoms with Gasteiger partial charge in [0.15, 0.2) is 5.03 Å². The van der Waals surface area contributed by atoms with Crippen molar-refractivity contribution in [3.63, 3.8) is 0 Å². The first-order chi connectivity index (χ1) is 11.5. The molecule has 1 fully saturated rings. The Morgan fingerprint density at radius 2 is 1.79 bits per heavy atom. The van der Waals surface area contributed by atoms with E-state index in [4.69, 9.17) is 0 Å². The first-order valence-electron chi connectivity index (χ1n) is 7.47. The van der Waals surface area contributed by atoms with Crippen molar-refractivity contribution >= 4 is 20.8 Å². The molecule has 1 saturated heterocycles. The van der Waals surface area contributed by atoms with Crippen LogP contribution in [0.1, 0.15) is 5.56 Å². The summed E-state index contributed by atoms with van der Waals surface area (Å²) in [6, 6.07) is 13.4. The summed E-state index contributed by atoms with van der Waals surface area (Å²) in [5, 5.41) is 12.8. The molecule has 2 heterocycles. The lowest BCUT2D eigenvalue weighted by atomic mass is 9.85. The van der Waals surface area contributed by atoms with Gasteiger partial charge in [-0.2, -0.15) is 4.31 Å².